The standard InChI is InChI=1S/C7H2F7NO.ClH/c8-2-1(7(13,14)16-15)3(9)5(11)6(12)4(2)10;/h15H2;1H. The lowest BCUT2D eigenvalue weighted by molar-refractivity contribution is -0.256. The van der Waals surface area contributed by atoms with Crippen molar-refractivity contribution in [1.82, 2.24) is 0 Å². The van der Waals surface area contributed by atoms with Crippen LogP contribution in [-0.4, -0.2) is 0 Å². The summed E-state index contributed by atoms with van der Waals surface area (Å²) in [5.41, 5.74) is -2.44. The Morgan fingerprint density at radius 1 is 0.765 bits per heavy atom. The van der Waals surface area contributed by atoms with E-state index in [1.165, 1.54) is 0 Å². The average molecular weight is 286 g/mol. The van der Waals surface area contributed by atoms with E-state index in [0.29, 0.717) is 0 Å². The number of nitrogens with two attached hydrogens (primary N) is 1. The molecule has 1 aromatic carbocycles. The fourth-order valence-electron chi connectivity index (χ4n) is 0.919. The predicted molar refractivity (Wildman–Crippen MR) is 42.6 cm³/mol. The minimum absolute atomic E-state index is 0. The molecule has 0 radical (unpaired) electrons. The van der Waals surface area contributed by atoms with E-state index in [2.05, 4.69) is 10.7 Å². The van der Waals surface area contributed by atoms with Crippen molar-refractivity contribution in [1.29, 1.82) is 0 Å². The van der Waals surface area contributed by atoms with E-state index in [0.717, 1.165) is 0 Å². The van der Waals surface area contributed by atoms with Crippen LogP contribution in [-0.2, 0) is 10.9 Å². The number of benzene rings is 1. The maximum Gasteiger partial charge on any atom is 0.404 e. The lowest BCUT2D eigenvalue weighted by Crippen LogP contribution is -2.27. The van der Waals surface area contributed by atoms with Crippen LogP contribution in [0.5, 0.6) is 0 Å². The highest BCUT2D eigenvalue weighted by Gasteiger charge is 2.43. The minimum atomic E-state index is -4.83. The highest BCUT2D eigenvalue weighted by molar-refractivity contribution is 5.85. The zero-order valence-electron chi connectivity index (χ0n) is 7.54. The molecule has 0 bridgehead atoms. The van der Waals surface area contributed by atoms with Crippen molar-refractivity contribution >= 4 is 12.4 Å². The Hall–Kier alpha value is -1.06. The van der Waals surface area contributed by atoms with E-state index < -0.39 is 40.8 Å². The van der Waals surface area contributed by atoms with Crippen LogP contribution < -0.4 is 5.90 Å². The van der Waals surface area contributed by atoms with Crippen LogP contribution in [0.2, 0.25) is 0 Å². The summed E-state index contributed by atoms with van der Waals surface area (Å²) < 4.78 is 88.1. The SMILES string of the molecule is Cl.NOC(F)(F)c1c(F)c(F)c(F)c(F)c1F. The fraction of sp³-hybridized carbons (Fsp3) is 0.143. The van der Waals surface area contributed by atoms with Gasteiger partial charge < -0.3 is 0 Å². The van der Waals surface area contributed by atoms with Gasteiger partial charge in [0.2, 0.25) is 5.82 Å². The Labute approximate surface area is 95.5 Å². The van der Waals surface area contributed by atoms with Crippen molar-refractivity contribution in [2.45, 2.75) is 6.11 Å². The van der Waals surface area contributed by atoms with Gasteiger partial charge in [-0.1, -0.05) is 0 Å². The van der Waals surface area contributed by atoms with Gasteiger partial charge in [0.05, 0.1) is 0 Å². The molecule has 0 fully saturated rings. The first-order valence-electron chi connectivity index (χ1n) is 3.51. The summed E-state index contributed by atoms with van der Waals surface area (Å²) >= 11 is 0. The zero-order valence-corrected chi connectivity index (χ0v) is 8.36. The molecule has 0 saturated carbocycles. The molecular formula is C7H3ClF7NO. The molecule has 0 aromatic heterocycles. The smallest absolute Gasteiger partial charge is 0.231 e. The predicted octanol–water partition coefficient (Wildman–Crippen LogP) is 2.74. The topological polar surface area (TPSA) is 35.2 Å². The van der Waals surface area contributed by atoms with Crippen molar-refractivity contribution in [3.63, 3.8) is 0 Å². The number of hydrogen-bond acceptors (Lipinski definition) is 2. The van der Waals surface area contributed by atoms with Gasteiger partial charge in [-0.2, -0.15) is 8.78 Å². The molecule has 2 nitrogen and oxygen atoms in total. The van der Waals surface area contributed by atoms with Crippen LogP contribution in [0.1, 0.15) is 5.56 Å². The Morgan fingerprint density at radius 2 is 1.06 bits per heavy atom. The molecule has 10 heteroatoms. The normalized spacial score (nSPS) is 11.3. The van der Waals surface area contributed by atoms with Gasteiger partial charge in [0.1, 0.15) is 5.56 Å². The van der Waals surface area contributed by atoms with Crippen LogP contribution in [0.4, 0.5) is 30.7 Å². The second-order valence-electron chi connectivity index (χ2n) is 2.58. The van der Waals surface area contributed by atoms with Gasteiger partial charge in [-0.05, 0) is 0 Å². The van der Waals surface area contributed by atoms with Crippen LogP contribution in [0.3, 0.4) is 0 Å². The van der Waals surface area contributed by atoms with E-state index in [-0.39, 0.29) is 12.4 Å². The van der Waals surface area contributed by atoms with Gasteiger partial charge in [0.25, 0.3) is 0 Å². The zero-order chi connectivity index (χ0) is 12.7. The van der Waals surface area contributed by atoms with E-state index in [1.807, 2.05) is 0 Å². The quantitative estimate of drug-likeness (QED) is 0.392. The highest BCUT2D eigenvalue weighted by atomic mass is 35.5. The van der Waals surface area contributed by atoms with Crippen molar-refractivity contribution in [2.24, 2.45) is 5.90 Å². The van der Waals surface area contributed by atoms with Gasteiger partial charge in [-0.3, -0.25) is 0 Å². The summed E-state index contributed by atoms with van der Waals surface area (Å²) in [4.78, 5) is 2.87. The third kappa shape index (κ3) is 2.45. The van der Waals surface area contributed by atoms with E-state index in [9.17, 15) is 30.7 Å². The van der Waals surface area contributed by atoms with E-state index in [4.69, 9.17) is 0 Å². The fourth-order valence-corrected chi connectivity index (χ4v) is 0.919. The molecule has 1 aromatic rings. The monoisotopic (exact) mass is 285 g/mol. The second-order valence-corrected chi connectivity index (χ2v) is 2.58. The Morgan fingerprint density at radius 3 is 1.35 bits per heavy atom. The number of rotatable bonds is 2. The van der Waals surface area contributed by atoms with Crippen molar-refractivity contribution in [3.8, 4) is 0 Å². The molecular weight excluding hydrogens is 283 g/mol. The lowest BCUT2D eigenvalue weighted by atomic mass is 10.1. The number of alkyl halides is 2. The Bertz CT molecular complexity index is 410. The molecule has 0 amide bonds. The summed E-state index contributed by atoms with van der Waals surface area (Å²) in [6.07, 6.45) is -4.83. The molecule has 0 atom stereocenters. The largest absolute Gasteiger partial charge is 0.404 e. The van der Waals surface area contributed by atoms with Gasteiger partial charge in [-0.15, -0.1) is 12.4 Å². The molecule has 0 spiro atoms. The molecule has 0 aliphatic rings. The highest BCUT2D eigenvalue weighted by Crippen LogP contribution is 2.35. The summed E-state index contributed by atoms with van der Waals surface area (Å²) in [5, 5.41) is 0. The number of halogens is 8. The van der Waals surface area contributed by atoms with Crippen molar-refractivity contribution in [2.75, 3.05) is 0 Å². The minimum Gasteiger partial charge on any atom is -0.231 e. The van der Waals surface area contributed by atoms with Gasteiger partial charge in [0.15, 0.2) is 23.3 Å². The first kappa shape index (κ1) is 15.9. The van der Waals surface area contributed by atoms with Crippen LogP contribution in [0.25, 0.3) is 0 Å². The van der Waals surface area contributed by atoms with Crippen LogP contribution in [0, 0.1) is 29.1 Å². The average Bonchev–Trinajstić information content (AvgIpc) is 2.23. The molecule has 0 aliphatic carbocycles. The van der Waals surface area contributed by atoms with E-state index in [1.54, 1.807) is 0 Å². The second kappa shape index (κ2) is 5.07. The Kier molecular flexibility index (Phi) is 4.75. The third-order valence-electron chi connectivity index (χ3n) is 1.65. The molecule has 2 N–H and O–H groups in total. The van der Waals surface area contributed by atoms with Gasteiger partial charge >= 0.3 is 6.11 Å². The molecule has 0 aliphatic heterocycles. The van der Waals surface area contributed by atoms with Crippen molar-refractivity contribution in [3.05, 3.63) is 34.6 Å². The van der Waals surface area contributed by atoms with Crippen molar-refractivity contribution < 1.29 is 35.6 Å². The number of hydrogen-bond donors (Lipinski definition) is 1. The molecule has 0 heterocycles. The molecule has 98 valence electrons. The van der Waals surface area contributed by atoms with Gasteiger partial charge in [-0.25, -0.2) is 32.7 Å². The first-order valence-corrected chi connectivity index (χ1v) is 3.51. The molecule has 0 saturated heterocycles. The van der Waals surface area contributed by atoms with Gasteiger partial charge in [0, 0.05) is 0 Å². The van der Waals surface area contributed by atoms with Crippen LogP contribution in [0.15, 0.2) is 0 Å². The lowest BCUT2D eigenvalue weighted by Gasteiger charge is -2.15. The summed E-state index contributed by atoms with van der Waals surface area (Å²) in [7, 11) is 0. The van der Waals surface area contributed by atoms with Crippen LogP contribution >= 0.6 is 12.4 Å². The third-order valence-corrected chi connectivity index (χ3v) is 1.65. The molecule has 0 unspecified atom stereocenters. The summed E-state index contributed by atoms with van der Waals surface area (Å²) in [6.45, 7) is 0. The first-order chi connectivity index (χ1) is 7.24. The molecule has 17 heavy (non-hydrogen) atoms. The maximum atomic E-state index is 12.7. The molecule has 1 rings (SSSR count). The maximum absolute atomic E-state index is 12.7. The van der Waals surface area contributed by atoms with E-state index >= 15 is 0 Å². The summed E-state index contributed by atoms with van der Waals surface area (Å²) in [5.74, 6) is -8.98. The Balaban J connectivity index is 0.00000256. The summed E-state index contributed by atoms with van der Waals surface area (Å²) in [6, 6.07) is 0.